The van der Waals surface area contributed by atoms with E-state index in [4.69, 9.17) is 0 Å². The molecule has 0 N–H and O–H groups in total. The summed E-state index contributed by atoms with van der Waals surface area (Å²) in [6.07, 6.45) is 0.711. The topological polar surface area (TPSA) is 39.2 Å². The van der Waals surface area contributed by atoms with Gasteiger partial charge in [-0.25, -0.2) is 0 Å². The zero-order valence-corrected chi connectivity index (χ0v) is 6.13. The molecule has 0 atom stereocenters. The third-order valence-corrected chi connectivity index (χ3v) is 1.63. The zero-order chi connectivity index (χ0) is 7.23. The van der Waals surface area contributed by atoms with E-state index in [0.29, 0.717) is 19.5 Å². The number of hydrogen-bond donors (Lipinski definition) is 0. The minimum atomic E-state index is 0.424. The smallest absolute Gasteiger partial charge is 0.293 e. The number of nitrogens with zero attached hydrogens (tertiary/aromatic N) is 1. The fraction of sp³-hybridized carbons (Fsp3) is 0.333. The maximum atomic E-state index is 9.69. The van der Waals surface area contributed by atoms with Crippen molar-refractivity contribution in [2.75, 3.05) is 6.61 Å². The van der Waals surface area contributed by atoms with Gasteiger partial charge >= 0.3 is 0 Å². The third-order valence-electron chi connectivity index (χ3n) is 1.04. The number of aromatic nitrogens is 1. The van der Waals surface area contributed by atoms with Gasteiger partial charge in [0.05, 0.1) is 12.3 Å². The highest BCUT2D eigenvalue weighted by molar-refractivity contribution is 7.03. The van der Waals surface area contributed by atoms with E-state index in [2.05, 4.69) is 9.11 Å². The molecular formula is C6H7NO2S. The normalized spacial score (nSPS) is 9.20. The lowest BCUT2D eigenvalue weighted by atomic mass is 10.3. The molecule has 0 aliphatic heterocycles. The quantitative estimate of drug-likeness (QED) is 0.480. The Kier molecular flexibility index (Phi) is 2.89. The third kappa shape index (κ3) is 2.14. The van der Waals surface area contributed by atoms with Crippen molar-refractivity contribution in [3.05, 3.63) is 17.1 Å². The summed E-state index contributed by atoms with van der Waals surface area (Å²) in [5.74, 6) is 0. The van der Waals surface area contributed by atoms with Crippen LogP contribution in [0, 0.1) is 0 Å². The van der Waals surface area contributed by atoms with Gasteiger partial charge in [0.15, 0.2) is 0 Å². The van der Waals surface area contributed by atoms with E-state index in [1.807, 2.05) is 11.4 Å². The minimum absolute atomic E-state index is 0.424. The molecule has 0 spiro atoms. The van der Waals surface area contributed by atoms with Crippen molar-refractivity contribution in [2.45, 2.75) is 6.42 Å². The van der Waals surface area contributed by atoms with Crippen molar-refractivity contribution >= 4 is 18.0 Å². The summed E-state index contributed by atoms with van der Waals surface area (Å²) in [7, 11) is 0. The van der Waals surface area contributed by atoms with Crippen molar-refractivity contribution in [2.24, 2.45) is 0 Å². The van der Waals surface area contributed by atoms with E-state index < -0.39 is 0 Å². The molecular weight excluding hydrogens is 150 g/mol. The molecule has 3 nitrogen and oxygen atoms in total. The number of carbonyl (C=O) groups excluding carboxylic acids is 1. The number of hydrogen-bond acceptors (Lipinski definition) is 4. The molecule has 4 heteroatoms. The van der Waals surface area contributed by atoms with E-state index in [0.717, 1.165) is 5.69 Å². The monoisotopic (exact) mass is 157 g/mol. The van der Waals surface area contributed by atoms with Crippen molar-refractivity contribution in [3.8, 4) is 0 Å². The fourth-order valence-corrected chi connectivity index (χ4v) is 1.14. The zero-order valence-electron chi connectivity index (χ0n) is 5.32. The molecule has 1 aromatic heterocycles. The molecule has 54 valence electrons. The highest BCUT2D eigenvalue weighted by Crippen LogP contribution is 1.99. The second kappa shape index (κ2) is 4.00. The Bertz CT molecular complexity index is 186. The molecule has 0 bridgehead atoms. The van der Waals surface area contributed by atoms with Crippen LogP contribution in [-0.2, 0) is 16.0 Å². The van der Waals surface area contributed by atoms with Crippen LogP contribution in [0.2, 0.25) is 0 Å². The molecule has 0 saturated heterocycles. The molecule has 0 aromatic carbocycles. The predicted molar refractivity (Wildman–Crippen MR) is 37.8 cm³/mol. The van der Waals surface area contributed by atoms with Crippen molar-refractivity contribution in [3.63, 3.8) is 0 Å². The summed E-state index contributed by atoms with van der Waals surface area (Å²) < 4.78 is 8.52. The SMILES string of the molecule is O=COCCc1ccsn1. The molecule has 0 aliphatic rings. The van der Waals surface area contributed by atoms with Crippen LogP contribution in [0.4, 0.5) is 0 Å². The second-order valence-corrected chi connectivity index (χ2v) is 2.37. The van der Waals surface area contributed by atoms with Gasteiger partial charge in [0.1, 0.15) is 0 Å². The first-order chi connectivity index (χ1) is 4.93. The first kappa shape index (κ1) is 7.21. The van der Waals surface area contributed by atoms with Crippen molar-refractivity contribution < 1.29 is 9.53 Å². The summed E-state index contributed by atoms with van der Waals surface area (Å²) in [6, 6.07) is 1.92. The van der Waals surface area contributed by atoms with Crippen LogP contribution in [0.5, 0.6) is 0 Å². The van der Waals surface area contributed by atoms with E-state index in [1.54, 1.807) is 0 Å². The fourth-order valence-electron chi connectivity index (χ4n) is 0.578. The van der Waals surface area contributed by atoms with Crippen LogP contribution in [0.15, 0.2) is 11.4 Å². The molecule has 0 saturated carbocycles. The van der Waals surface area contributed by atoms with E-state index in [9.17, 15) is 4.79 Å². The first-order valence-electron chi connectivity index (χ1n) is 2.88. The van der Waals surface area contributed by atoms with E-state index in [-0.39, 0.29) is 0 Å². The minimum Gasteiger partial charge on any atom is -0.467 e. The average molecular weight is 157 g/mol. The van der Waals surface area contributed by atoms with Crippen LogP contribution < -0.4 is 0 Å². The highest BCUT2D eigenvalue weighted by Gasteiger charge is 1.92. The van der Waals surface area contributed by atoms with Crippen LogP contribution >= 0.6 is 11.5 Å². The Morgan fingerprint density at radius 3 is 3.30 bits per heavy atom. The van der Waals surface area contributed by atoms with E-state index >= 15 is 0 Å². The molecule has 0 fully saturated rings. The van der Waals surface area contributed by atoms with Crippen molar-refractivity contribution in [1.82, 2.24) is 4.37 Å². The maximum Gasteiger partial charge on any atom is 0.293 e. The standard InChI is InChI=1S/C6H7NO2S/c8-5-9-3-1-6-2-4-10-7-6/h2,4-5H,1,3H2. The number of rotatable bonds is 4. The van der Waals surface area contributed by atoms with Gasteiger partial charge in [-0.2, -0.15) is 4.37 Å². The second-order valence-electron chi connectivity index (χ2n) is 1.71. The Hall–Kier alpha value is -0.900. The van der Waals surface area contributed by atoms with Gasteiger partial charge in [0, 0.05) is 11.8 Å². The Morgan fingerprint density at radius 2 is 2.70 bits per heavy atom. The largest absolute Gasteiger partial charge is 0.467 e. The van der Waals surface area contributed by atoms with E-state index in [1.165, 1.54) is 11.5 Å². The Morgan fingerprint density at radius 1 is 1.80 bits per heavy atom. The van der Waals surface area contributed by atoms with Crippen LogP contribution in [0.3, 0.4) is 0 Å². The van der Waals surface area contributed by atoms with Gasteiger partial charge in [0.2, 0.25) is 0 Å². The molecule has 1 aromatic rings. The highest BCUT2D eigenvalue weighted by atomic mass is 32.1. The summed E-state index contributed by atoms with van der Waals surface area (Å²) in [5, 5.41) is 1.90. The van der Waals surface area contributed by atoms with Crippen LogP contribution in [-0.4, -0.2) is 17.5 Å². The first-order valence-corrected chi connectivity index (χ1v) is 3.71. The molecule has 0 amide bonds. The molecule has 10 heavy (non-hydrogen) atoms. The van der Waals surface area contributed by atoms with Crippen LogP contribution in [0.25, 0.3) is 0 Å². The maximum absolute atomic E-state index is 9.69. The average Bonchev–Trinajstić information content (AvgIpc) is 2.41. The molecule has 1 rings (SSSR count). The summed E-state index contributed by atoms with van der Waals surface area (Å²) in [4.78, 5) is 9.69. The van der Waals surface area contributed by atoms with Gasteiger partial charge < -0.3 is 4.74 Å². The van der Waals surface area contributed by atoms with Gasteiger partial charge in [-0.1, -0.05) is 0 Å². The van der Waals surface area contributed by atoms with Gasteiger partial charge in [-0.05, 0) is 17.6 Å². The lowest BCUT2D eigenvalue weighted by Gasteiger charge is -1.92. The van der Waals surface area contributed by atoms with Gasteiger partial charge in [-0.15, -0.1) is 0 Å². The number of carbonyl (C=O) groups is 1. The van der Waals surface area contributed by atoms with Crippen LogP contribution in [0.1, 0.15) is 5.69 Å². The summed E-state index contributed by atoms with van der Waals surface area (Å²) >= 11 is 1.40. The molecule has 0 radical (unpaired) electrons. The van der Waals surface area contributed by atoms with Gasteiger partial charge in [0.25, 0.3) is 6.47 Å². The predicted octanol–water partition coefficient (Wildman–Crippen LogP) is 0.859. The molecule has 0 unspecified atom stereocenters. The lowest BCUT2D eigenvalue weighted by Crippen LogP contribution is -1.95. The lowest BCUT2D eigenvalue weighted by molar-refractivity contribution is -0.128. The van der Waals surface area contributed by atoms with Gasteiger partial charge in [-0.3, -0.25) is 4.79 Å². The Balaban J connectivity index is 2.21. The summed E-state index contributed by atoms with van der Waals surface area (Å²) in [6.45, 7) is 0.875. The number of ether oxygens (including phenoxy) is 1. The Labute approximate surface area is 62.8 Å². The molecule has 1 heterocycles. The molecule has 0 aliphatic carbocycles. The summed E-state index contributed by atoms with van der Waals surface area (Å²) in [5.41, 5.74) is 0.979. The van der Waals surface area contributed by atoms with Crippen molar-refractivity contribution in [1.29, 1.82) is 0 Å².